The highest BCUT2D eigenvalue weighted by Gasteiger charge is 2.16. The molecule has 1 heterocycles. The van der Waals surface area contributed by atoms with Gasteiger partial charge in [-0.25, -0.2) is 9.67 Å². The highest BCUT2D eigenvalue weighted by molar-refractivity contribution is 5.76. The van der Waals surface area contributed by atoms with Crippen LogP contribution in [0.25, 0.3) is 0 Å². The van der Waals surface area contributed by atoms with Gasteiger partial charge in [0.25, 0.3) is 0 Å². The average molecular weight is 288 g/mol. The zero-order valence-corrected chi connectivity index (χ0v) is 11.3. The summed E-state index contributed by atoms with van der Waals surface area (Å²) in [7, 11) is 0. The minimum atomic E-state index is -0.888. The number of carboxylic acids is 1. The number of nitrogens with one attached hydrogen (secondary N) is 1. The quantitative estimate of drug-likeness (QED) is 0.792. The SMILES string of the molecule is O=C(O)CCC(NC(=O)Cn1cncn1)c1ccccc1. The maximum absolute atomic E-state index is 12.0. The molecule has 0 saturated heterocycles. The van der Waals surface area contributed by atoms with Gasteiger partial charge in [0.15, 0.2) is 0 Å². The summed E-state index contributed by atoms with van der Waals surface area (Å²) in [4.78, 5) is 26.5. The highest BCUT2D eigenvalue weighted by Crippen LogP contribution is 2.18. The summed E-state index contributed by atoms with van der Waals surface area (Å²) in [6.07, 6.45) is 3.13. The van der Waals surface area contributed by atoms with Crippen molar-refractivity contribution in [3.63, 3.8) is 0 Å². The van der Waals surface area contributed by atoms with Crippen LogP contribution in [-0.2, 0) is 16.1 Å². The Morgan fingerprint density at radius 1 is 1.29 bits per heavy atom. The largest absolute Gasteiger partial charge is 0.481 e. The summed E-state index contributed by atoms with van der Waals surface area (Å²) in [5, 5.41) is 15.5. The second-order valence-corrected chi connectivity index (χ2v) is 4.56. The van der Waals surface area contributed by atoms with E-state index in [4.69, 9.17) is 5.11 Å². The van der Waals surface area contributed by atoms with Gasteiger partial charge in [0.05, 0.1) is 6.04 Å². The number of hydrogen-bond acceptors (Lipinski definition) is 4. The van der Waals surface area contributed by atoms with E-state index in [1.54, 1.807) is 0 Å². The van der Waals surface area contributed by atoms with E-state index in [1.165, 1.54) is 17.3 Å². The van der Waals surface area contributed by atoms with Gasteiger partial charge in [0.1, 0.15) is 19.2 Å². The van der Waals surface area contributed by atoms with E-state index in [1.807, 2.05) is 30.3 Å². The average Bonchev–Trinajstić information content (AvgIpc) is 2.97. The van der Waals surface area contributed by atoms with E-state index < -0.39 is 5.97 Å². The van der Waals surface area contributed by atoms with E-state index in [0.29, 0.717) is 6.42 Å². The molecule has 0 spiro atoms. The van der Waals surface area contributed by atoms with Crippen molar-refractivity contribution in [2.24, 2.45) is 0 Å². The molecule has 0 bridgehead atoms. The van der Waals surface area contributed by atoms with Crippen molar-refractivity contribution in [1.82, 2.24) is 20.1 Å². The summed E-state index contributed by atoms with van der Waals surface area (Å²) >= 11 is 0. The topological polar surface area (TPSA) is 97.1 Å². The summed E-state index contributed by atoms with van der Waals surface area (Å²) in [6, 6.07) is 8.97. The molecule has 2 N–H and O–H groups in total. The third-order valence-electron chi connectivity index (χ3n) is 2.96. The van der Waals surface area contributed by atoms with Crippen LogP contribution < -0.4 is 5.32 Å². The highest BCUT2D eigenvalue weighted by atomic mass is 16.4. The van der Waals surface area contributed by atoms with E-state index in [-0.39, 0.29) is 24.9 Å². The molecule has 110 valence electrons. The number of carbonyl (C=O) groups excluding carboxylic acids is 1. The lowest BCUT2D eigenvalue weighted by atomic mass is 10.0. The molecule has 0 fully saturated rings. The van der Waals surface area contributed by atoms with Crippen molar-refractivity contribution in [2.45, 2.75) is 25.4 Å². The number of hydrogen-bond donors (Lipinski definition) is 2. The van der Waals surface area contributed by atoms with Gasteiger partial charge in [0, 0.05) is 6.42 Å². The number of aliphatic carboxylic acids is 1. The molecule has 2 rings (SSSR count). The molecule has 1 atom stereocenters. The molecular formula is C14H16N4O3. The molecule has 0 aliphatic rings. The van der Waals surface area contributed by atoms with Crippen LogP contribution in [0.15, 0.2) is 43.0 Å². The van der Waals surface area contributed by atoms with Crippen molar-refractivity contribution in [2.75, 3.05) is 0 Å². The van der Waals surface area contributed by atoms with Crippen LogP contribution in [0.4, 0.5) is 0 Å². The first-order chi connectivity index (χ1) is 10.1. The standard InChI is InChI=1S/C14H16N4O3/c19-13(8-18-10-15-9-16-18)17-12(6-7-14(20)21)11-4-2-1-3-5-11/h1-5,9-10,12H,6-8H2,(H,17,19)(H,20,21). The zero-order valence-electron chi connectivity index (χ0n) is 11.3. The normalized spacial score (nSPS) is 11.8. The van der Waals surface area contributed by atoms with E-state index in [0.717, 1.165) is 5.56 Å². The zero-order chi connectivity index (χ0) is 15.1. The predicted octanol–water partition coefficient (Wildman–Crippen LogP) is 1.00. The lowest BCUT2D eigenvalue weighted by Gasteiger charge is -2.18. The van der Waals surface area contributed by atoms with Gasteiger partial charge in [-0.15, -0.1) is 0 Å². The van der Waals surface area contributed by atoms with Gasteiger partial charge in [-0.3, -0.25) is 9.59 Å². The van der Waals surface area contributed by atoms with Crippen LogP contribution >= 0.6 is 0 Å². The lowest BCUT2D eigenvalue weighted by Crippen LogP contribution is -2.32. The molecule has 7 heteroatoms. The third kappa shape index (κ3) is 4.72. The maximum atomic E-state index is 12.0. The number of nitrogens with zero attached hydrogens (tertiary/aromatic N) is 3. The first-order valence-corrected chi connectivity index (χ1v) is 6.53. The first kappa shape index (κ1) is 14.7. The van der Waals surface area contributed by atoms with Crippen molar-refractivity contribution >= 4 is 11.9 Å². The fourth-order valence-corrected chi connectivity index (χ4v) is 1.98. The second-order valence-electron chi connectivity index (χ2n) is 4.56. The molecular weight excluding hydrogens is 272 g/mol. The van der Waals surface area contributed by atoms with Crippen LogP contribution in [0.2, 0.25) is 0 Å². The van der Waals surface area contributed by atoms with Gasteiger partial charge < -0.3 is 10.4 Å². The van der Waals surface area contributed by atoms with Gasteiger partial charge in [-0.2, -0.15) is 5.10 Å². The van der Waals surface area contributed by atoms with Crippen molar-refractivity contribution in [1.29, 1.82) is 0 Å². The minimum absolute atomic E-state index is 0.0107. The number of aromatic nitrogens is 3. The Morgan fingerprint density at radius 3 is 2.67 bits per heavy atom. The Bertz CT molecular complexity index is 584. The van der Waals surface area contributed by atoms with Crippen LogP contribution in [0.1, 0.15) is 24.4 Å². The van der Waals surface area contributed by atoms with Gasteiger partial charge in [0.2, 0.25) is 5.91 Å². The molecule has 2 aromatic rings. The molecule has 0 saturated carbocycles. The molecule has 0 radical (unpaired) electrons. The van der Waals surface area contributed by atoms with Crippen LogP contribution in [-0.4, -0.2) is 31.7 Å². The molecule has 0 aliphatic heterocycles. The first-order valence-electron chi connectivity index (χ1n) is 6.53. The Hall–Kier alpha value is -2.70. The summed E-state index contributed by atoms with van der Waals surface area (Å²) in [5.74, 6) is -1.12. The molecule has 1 unspecified atom stereocenters. The Balaban J connectivity index is 2.01. The number of amides is 1. The molecule has 7 nitrogen and oxygen atoms in total. The summed E-state index contributed by atoms with van der Waals surface area (Å²) in [6.45, 7) is 0.0520. The Morgan fingerprint density at radius 2 is 2.05 bits per heavy atom. The molecule has 1 aromatic carbocycles. The summed E-state index contributed by atoms with van der Waals surface area (Å²) in [5.41, 5.74) is 0.880. The van der Waals surface area contributed by atoms with Gasteiger partial charge in [-0.1, -0.05) is 30.3 Å². The fourth-order valence-electron chi connectivity index (χ4n) is 1.98. The number of rotatable bonds is 7. The lowest BCUT2D eigenvalue weighted by molar-refractivity contribution is -0.137. The molecule has 0 aliphatic carbocycles. The van der Waals surface area contributed by atoms with Crippen molar-refractivity contribution < 1.29 is 14.7 Å². The van der Waals surface area contributed by atoms with Crippen molar-refractivity contribution in [3.8, 4) is 0 Å². The van der Waals surface area contributed by atoms with Crippen LogP contribution in [0.3, 0.4) is 0 Å². The smallest absolute Gasteiger partial charge is 0.303 e. The Labute approximate surface area is 121 Å². The van der Waals surface area contributed by atoms with E-state index >= 15 is 0 Å². The minimum Gasteiger partial charge on any atom is -0.481 e. The molecule has 1 amide bonds. The Kier molecular flexibility index (Phi) is 5.03. The van der Waals surface area contributed by atoms with Crippen LogP contribution in [0.5, 0.6) is 0 Å². The van der Waals surface area contributed by atoms with Gasteiger partial charge >= 0.3 is 5.97 Å². The maximum Gasteiger partial charge on any atom is 0.303 e. The summed E-state index contributed by atoms with van der Waals surface area (Å²) < 4.78 is 1.41. The number of carboxylic acid groups (broad SMARTS) is 1. The van der Waals surface area contributed by atoms with Crippen molar-refractivity contribution in [3.05, 3.63) is 48.5 Å². The molecule has 1 aromatic heterocycles. The predicted molar refractivity (Wildman–Crippen MR) is 74.2 cm³/mol. The van der Waals surface area contributed by atoms with E-state index in [2.05, 4.69) is 15.4 Å². The fraction of sp³-hybridized carbons (Fsp3) is 0.286. The number of benzene rings is 1. The molecule has 21 heavy (non-hydrogen) atoms. The number of carbonyl (C=O) groups is 2. The second kappa shape index (κ2) is 7.18. The van der Waals surface area contributed by atoms with E-state index in [9.17, 15) is 9.59 Å². The third-order valence-corrected chi connectivity index (χ3v) is 2.96. The monoisotopic (exact) mass is 288 g/mol. The van der Waals surface area contributed by atoms with Gasteiger partial charge in [-0.05, 0) is 12.0 Å². The van der Waals surface area contributed by atoms with Crippen LogP contribution in [0, 0.1) is 0 Å².